The van der Waals surface area contributed by atoms with Crippen molar-refractivity contribution in [2.75, 3.05) is 0 Å². The molecule has 0 aliphatic rings. The number of aromatic nitrogens is 2. The summed E-state index contributed by atoms with van der Waals surface area (Å²) in [5.41, 5.74) is 4.10. The second-order valence-electron chi connectivity index (χ2n) is 3.96. The summed E-state index contributed by atoms with van der Waals surface area (Å²) >= 11 is 0. The lowest BCUT2D eigenvalue weighted by molar-refractivity contribution is 0.244. The van der Waals surface area contributed by atoms with Gasteiger partial charge in [-0.25, -0.2) is 10.1 Å². The number of nitrogens with zero attached hydrogens (tertiary/aromatic N) is 2. The molecule has 19 heavy (non-hydrogen) atoms. The van der Waals surface area contributed by atoms with Crippen LogP contribution in [0.3, 0.4) is 0 Å². The quantitative estimate of drug-likeness (QED) is 0.575. The number of pyridine rings is 1. The van der Waals surface area contributed by atoms with E-state index in [4.69, 9.17) is 5.26 Å². The first-order valence-corrected chi connectivity index (χ1v) is 5.72. The minimum atomic E-state index is -0.512. The third kappa shape index (κ3) is 2.90. The van der Waals surface area contributed by atoms with E-state index in [0.717, 1.165) is 22.4 Å². The van der Waals surface area contributed by atoms with Crippen molar-refractivity contribution < 1.29 is 4.79 Å². The largest absolute Gasteiger partial charge is 0.363 e. The number of rotatable bonds is 3. The molecule has 96 valence electrons. The molecule has 0 radical (unpaired) electrons. The Kier molecular flexibility index (Phi) is 3.78. The summed E-state index contributed by atoms with van der Waals surface area (Å²) in [5.74, 6) is 0. The Morgan fingerprint density at radius 2 is 2.21 bits per heavy atom. The maximum absolute atomic E-state index is 11.1. The molecule has 0 atom stereocenters. The summed E-state index contributed by atoms with van der Waals surface area (Å²) in [5, 5.41) is 12.9. The van der Waals surface area contributed by atoms with Crippen molar-refractivity contribution in [1.29, 1.82) is 5.26 Å². The first kappa shape index (κ1) is 12.6. The van der Waals surface area contributed by atoms with E-state index < -0.39 is 6.03 Å². The number of amides is 2. The zero-order valence-corrected chi connectivity index (χ0v) is 10.4. The molecule has 0 saturated carbocycles. The van der Waals surface area contributed by atoms with E-state index in [0.29, 0.717) is 6.54 Å². The van der Waals surface area contributed by atoms with E-state index in [1.165, 1.54) is 0 Å². The van der Waals surface area contributed by atoms with Crippen molar-refractivity contribution in [3.05, 3.63) is 42.0 Å². The number of hydrogen-bond donors (Lipinski definition) is 3. The van der Waals surface area contributed by atoms with Crippen LogP contribution in [0.4, 0.5) is 4.79 Å². The lowest BCUT2D eigenvalue weighted by Crippen LogP contribution is -2.32. The summed E-state index contributed by atoms with van der Waals surface area (Å²) in [7, 11) is 0. The monoisotopic (exact) mass is 255 g/mol. The fourth-order valence-corrected chi connectivity index (χ4v) is 1.82. The highest BCUT2D eigenvalue weighted by Gasteiger charge is 2.09. The van der Waals surface area contributed by atoms with Crippen LogP contribution < -0.4 is 10.6 Å². The molecule has 6 heteroatoms. The smallest absolute Gasteiger partial charge is 0.328 e. The predicted octanol–water partition coefficient (Wildman–Crippen LogP) is 1.67. The third-order valence-corrected chi connectivity index (χ3v) is 2.83. The van der Waals surface area contributed by atoms with Gasteiger partial charge < -0.3 is 10.3 Å². The van der Waals surface area contributed by atoms with Crippen molar-refractivity contribution in [2.24, 2.45) is 0 Å². The molecule has 3 N–H and O–H groups in total. The fraction of sp³-hybridized carbons (Fsp3) is 0.154. The Morgan fingerprint density at radius 1 is 1.47 bits per heavy atom. The molecule has 0 saturated heterocycles. The molecule has 0 aromatic carbocycles. The second kappa shape index (κ2) is 5.69. The van der Waals surface area contributed by atoms with Gasteiger partial charge in [0.15, 0.2) is 6.19 Å². The van der Waals surface area contributed by atoms with Gasteiger partial charge in [-0.1, -0.05) is 0 Å². The maximum atomic E-state index is 11.1. The summed E-state index contributed by atoms with van der Waals surface area (Å²) in [6.07, 6.45) is 6.94. The van der Waals surface area contributed by atoms with Crippen LogP contribution in [0.5, 0.6) is 0 Å². The van der Waals surface area contributed by atoms with Crippen LogP contribution in [0.1, 0.15) is 11.3 Å². The number of nitriles is 1. The molecule has 6 nitrogen and oxygen atoms in total. The Bertz CT molecular complexity index is 612. The molecular weight excluding hydrogens is 242 g/mol. The van der Waals surface area contributed by atoms with Crippen molar-refractivity contribution >= 4 is 6.03 Å². The average molecular weight is 255 g/mol. The van der Waals surface area contributed by atoms with E-state index in [1.807, 2.05) is 30.6 Å². The number of aromatic amines is 1. The SMILES string of the molecule is Cc1c(-c2ccncc2)c[nH]c1CNC(=O)NC#N. The first-order chi connectivity index (χ1) is 9.22. The molecule has 0 aliphatic heterocycles. The molecule has 0 spiro atoms. The van der Waals surface area contributed by atoms with Crippen LogP contribution in [0.25, 0.3) is 11.1 Å². The summed E-state index contributed by atoms with van der Waals surface area (Å²) in [4.78, 5) is 18.2. The molecular formula is C13H13N5O. The second-order valence-corrected chi connectivity index (χ2v) is 3.96. The lowest BCUT2D eigenvalue weighted by Gasteiger charge is -2.04. The maximum Gasteiger partial charge on any atom is 0.328 e. The van der Waals surface area contributed by atoms with Gasteiger partial charge in [0.2, 0.25) is 0 Å². The minimum absolute atomic E-state index is 0.338. The van der Waals surface area contributed by atoms with E-state index in [2.05, 4.69) is 15.3 Å². The molecule has 2 aromatic heterocycles. The highest BCUT2D eigenvalue weighted by molar-refractivity contribution is 5.75. The van der Waals surface area contributed by atoms with Gasteiger partial charge in [0, 0.05) is 29.8 Å². The molecule has 2 heterocycles. The van der Waals surface area contributed by atoms with Crippen LogP contribution in [0.2, 0.25) is 0 Å². The average Bonchev–Trinajstić information content (AvgIpc) is 2.79. The number of H-pyrrole nitrogens is 1. The molecule has 0 bridgehead atoms. The van der Waals surface area contributed by atoms with Gasteiger partial charge in [-0.2, -0.15) is 5.26 Å². The summed E-state index contributed by atoms with van der Waals surface area (Å²) in [6.45, 7) is 2.32. The summed E-state index contributed by atoms with van der Waals surface area (Å²) in [6, 6.07) is 3.34. The Hall–Kier alpha value is -2.81. The van der Waals surface area contributed by atoms with Gasteiger partial charge in [-0.15, -0.1) is 0 Å². The normalized spacial score (nSPS) is 9.68. The van der Waals surface area contributed by atoms with E-state index in [1.54, 1.807) is 18.6 Å². The zero-order valence-electron chi connectivity index (χ0n) is 10.4. The Balaban J connectivity index is 2.11. The Labute approximate surface area is 110 Å². The molecule has 0 unspecified atom stereocenters. The van der Waals surface area contributed by atoms with Crippen molar-refractivity contribution in [3.63, 3.8) is 0 Å². The highest BCUT2D eigenvalue weighted by atomic mass is 16.2. The van der Waals surface area contributed by atoms with Crippen LogP contribution >= 0.6 is 0 Å². The van der Waals surface area contributed by atoms with Crippen LogP contribution in [-0.2, 0) is 6.54 Å². The van der Waals surface area contributed by atoms with Gasteiger partial charge in [0.1, 0.15) is 0 Å². The number of nitrogens with one attached hydrogen (secondary N) is 3. The molecule has 2 rings (SSSR count). The van der Waals surface area contributed by atoms with Gasteiger partial charge in [0.05, 0.1) is 6.54 Å². The number of urea groups is 1. The number of carbonyl (C=O) groups excluding carboxylic acids is 1. The van der Waals surface area contributed by atoms with Gasteiger partial charge in [0.25, 0.3) is 0 Å². The fourth-order valence-electron chi connectivity index (χ4n) is 1.82. The number of carbonyl (C=O) groups is 1. The van der Waals surface area contributed by atoms with Gasteiger partial charge >= 0.3 is 6.03 Å². The minimum Gasteiger partial charge on any atom is -0.363 e. The highest BCUT2D eigenvalue weighted by Crippen LogP contribution is 2.24. The van der Waals surface area contributed by atoms with Crippen LogP contribution in [0.15, 0.2) is 30.7 Å². The van der Waals surface area contributed by atoms with Crippen LogP contribution in [0, 0.1) is 18.4 Å². The topological polar surface area (TPSA) is 93.6 Å². The Morgan fingerprint density at radius 3 is 2.89 bits per heavy atom. The molecule has 2 aromatic rings. The van der Waals surface area contributed by atoms with E-state index in [9.17, 15) is 4.79 Å². The molecule has 0 fully saturated rings. The van der Waals surface area contributed by atoms with Crippen molar-refractivity contribution in [2.45, 2.75) is 13.5 Å². The van der Waals surface area contributed by atoms with E-state index >= 15 is 0 Å². The summed E-state index contributed by atoms with van der Waals surface area (Å²) < 4.78 is 0. The zero-order chi connectivity index (χ0) is 13.7. The van der Waals surface area contributed by atoms with E-state index in [-0.39, 0.29) is 0 Å². The predicted molar refractivity (Wildman–Crippen MR) is 69.7 cm³/mol. The lowest BCUT2D eigenvalue weighted by atomic mass is 10.1. The van der Waals surface area contributed by atoms with Gasteiger partial charge in [-0.3, -0.25) is 4.98 Å². The third-order valence-electron chi connectivity index (χ3n) is 2.83. The molecule has 0 aliphatic carbocycles. The molecule has 2 amide bonds. The first-order valence-electron chi connectivity index (χ1n) is 5.72. The van der Waals surface area contributed by atoms with Crippen molar-refractivity contribution in [1.82, 2.24) is 20.6 Å². The van der Waals surface area contributed by atoms with Crippen molar-refractivity contribution in [3.8, 4) is 17.3 Å². The number of hydrogen-bond acceptors (Lipinski definition) is 3. The van der Waals surface area contributed by atoms with Gasteiger partial charge in [-0.05, 0) is 30.2 Å². The van der Waals surface area contributed by atoms with Crippen LogP contribution in [-0.4, -0.2) is 16.0 Å². The standard InChI is InChI=1S/C13H13N5O/c1-9-11(10-2-4-15-5-3-10)6-16-12(9)7-17-13(19)18-8-14/h2-6,16H,7H2,1H3,(H2,17,18,19).